The Labute approximate surface area is 150 Å². The van der Waals surface area contributed by atoms with Crippen molar-refractivity contribution in [1.29, 1.82) is 0 Å². The largest absolute Gasteiger partial charge is 0.482 e. The number of ether oxygens (including phenoxy) is 1. The van der Waals surface area contributed by atoms with Crippen molar-refractivity contribution >= 4 is 40.5 Å². The van der Waals surface area contributed by atoms with Gasteiger partial charge in [-0.25, -0.2) is 0 Å². The molecule has 7 heteroatoms. The lowest BCUT2D eigenvalue weighted by molar-refractivity contribution is -0.123. The molecular weight excluding hydrogens is 342 g/mol. The number of para-hydroxylation sites is 2. The summed E-state index contributed by atoms with van der Waals surface area (Å²) >= 11 is 6.01. The number of hydrogen-bond donors (Lipinski definition) is 1. The van der Waals surface area contributed by atoms with Gasteiger partial charge in [-0.1, -0.05) is 23.7 Å². The van der Waals surface area contributed by atoms with Gasteiger partial charge in [0.15, 0.2) is 6.61 Å². The number of nitrogens with zero attached hydrogens (tertiary/aromatic N) is 2. The fourth-order valence-electron chi connectivity index (χ4n) is 2.65. The van der Waals surface area contributed by atoms with Crippen LogP contribution in [0.2, 0.25) is 5.02 Å². The first-order valence-electron chi connectivity index (χ1n) is 7.74. The summed E-state index contributed by atoms with van der Waals surface area (Å²) in [6.07, 6.45) is 0. The fourth-order valence-corrected chi connectivity index (χ4v) is 2.82. The van der Waals surface area contributed by atoms with Gasteiger partial charge in [-0.2, -0.15) is 0 Å². The maximum absolute atomic E-state index is 12.5. The zero-order valence-electron chi connectivity index (χ0n) is 14.0. The molecule has 3 rings (SSSR count). The Morgan fingerprint density at radius 3 is 2.80 bits per heavy atom. The summed E-state index contributed by atoms with van der Waals surface area (Å²) in [4.78, 5) is 28.0. The predicted molar refractivity (Wildman–Crippen MR) is 98.7 cm³/mol. The molecule has 0 saturated carbocycles. The van der Waals surface area contributed by atoms with Gasteiger partial charge in [0.05, 0.1) is 17.1 Å². The molecule has 1 heterocycles. The average molecular weight is 360 g/mol. The lowest BCUT2D eigenvalue weighted by Gasteiger charge is -2.29. The van der Waals surface area contributed by atoms with Gasteiger partial charge in [0.25, 0.3) is 5.91 Å². The molecule has 2 aromatic rings. The minimum atomic E-state index is -0.296. The van der Waals surface area contributed by atoms with Crippen LogP contribution in [0.15, 0.2) is 42.5 Å². The molecule has 1 aliphatic heterocycles. The summed E-state index contributed by atoms with van der Waals surface area (Å²) in [5.74, 6) is -0.0493. The number of fused-ring (bicyclic) bond motifs is 1. The molecule has 0 aliphatic carbocycles. The van der Waals surface area contributed by atoms with Crippen LogP contribution in [0.5, 0.6) is 5.75 Å². The van der Waals surface area contributed by atoms with Crippen molar-refractivity contribution in [1.82, 2.24) is 0 Å². The standard InChI is InChI=1S/C18H18ClN3O3/c1-21(2)14-6-4-3-5-13(14)20-17(23)10-22-15-9-12(19)7-8-16(15)25-11-18(22)24/h3-9H,10-11H2,1-2H3,(H,20,23). The van der Waals surface area contributed by atoms with Gasteiger partial charge < -0.3 is 15.0 Å². The van der Waals surface area contributed by atoms with Crippen molar-refractivity contribution in [2.75, 3.05) is 42.4 Å². The fraction of sp³-hybridized carbons (Fsp3) is 0.222. The van der Waals surface area contributed by atoms with Crippen molar-refractivity contribution in [3.8, 4) is 5.75 Å². The van der Waals surface area contributed by atoms with Crippen LogP contribution in [0, 0.1) is 0 Å². The third-order valence-electron chi connectivity index (χ3n) is 3.83. The lowest BCUT2D eigenvalue weighted by atomic mass is 10.2. The minimum absolute atomic E-state index is 0.101. The van der Waals surface area contributed by atoms with Crippen LogP contribution in [-0.2, 0) is 9.59 Å². The van der Waals surface area contributed by atoms with Gasteiger partial charge in [-0.15, -0.1) is 0 Å². The molecule has 1 N–H and O–H groups in total. The maximum Gasteiger partial charge on any atom is 0.265 e. The van der Waals surface area contributed by atoms with Crippen molar-refractivity contribution < 1.29 is 14.3 Å². The summed E-state index contributed by atoms with van der Waals surface area (Å²) < 4.78 is 5.38. The quantitative estimate of drug-likeness (QED) is 0.911. The Kier molecular flexibility index (Phi) is 4.81. The zero-order chi connectivity index (χ0) is 18.0. The van der Waals surface area contributed by atoms with E-state index in [0.717, 1.165) is 5.69 Å². The van der Waals surface area contributed by atoms with E-state index in [1.54, 1.807) is 18.2 Å². The summed E-state index contributed by atoms with van der Waals surface area (Å²) in [5.41, 5.74) is 2.07. The molecule has 0 aromatic heterocycles. The lowest BCUT2D eigenvalue weighted by Crippen LogP contribution is -2.43. The van der Waals surface area contributed by atoms with E-state index in [2.05, 4.69) is 5.32 Å². The normalized spacial score (nSPS) is 13.1. The van der Waals surface area contributed by atoms with Crippen LogP contribution < -0.4 is 19.9 Å². The van der Waals surface area contributed by atoms with E-state index in [1.807, 2.05) is 43.3 Å². The van der Waals surface area contributed by atoms with Crippen molar-refractivity contribution in [2.45, 2.75) is 0 Å². The molecule has 25 heavy (non-hydrogen) atoms. The minimum Gasteiger partial charge on any atom is -0.482 e. The van der Waals surface area contributed by atoms with E-state index in [1.165, 1.54) is 4.90 Å². The molecule has 2 aromatic carbocycles. The molecule has 0 unspecified atom stereocenters. The van der Waals surface area contributed by atoms with E-state index >= 15 is 0 Å². The molecule has 0 atom stereocenters. The number of amides is 2. The number of hydrogen-bond acceptors (Lipinski definition) is 4. The van der Waals surface area contributed by atoms with Crippen LogP contribution in [0.1, 0.15) is 0 Å². The molecule has 2 amide bonds. The molecule has 0 spiro atoms. The van der Waals surface area contributed by atoms with Crippen LogP contribution in [-0.4, -0.2) is 39.1 Å². The Morgan fingerprint density at radius 2 is 2.04 bits per heavy atom. The third kappa shape index (κ3) is 3.69. The molecular formula is C18H18ClN3O3. The van der Waals surface area contributed by atoms with Crippen LogP contribution >= 0.6 is 11.6 Å². The Hall–Kier alpha value is -2.73. The van der Waals surface area contributed by atoms with E-state index in [4.69, 9.17) is 16.3 Å². The van der Waals surface area contributed by atoms with Crippen molar-refractivity contribution in [3.63, 3.8) is 0 Å². The average Bonchev–Trinajstić information content (AvgIpc) is 2.58. The van der Waals surface area contributed by atoms with Crippen LogP contribution in [0.4, 0.5) is 17.1 Å². The highest BCUT2D eigenvalue weighted by molar-refractivity contribution is 6.31. The number of halogens is 1. The summed E-state index contributed by atoms with van der Waals surface area (Å²) in [6, 6.07) is 12.5. The first kappa shape index (κ1) is 17.1. The first-order valence-corrected chi connectivity index (χ1v) is 8.12. The molecule has 6 nitrogen and oxygen atoms in total. The van der Waals surface area contributed by atoms with E-state index in [-0.39, 0.29) is 25.0 Å². The first-order chi connectivity index (χ1) is 12.0. The molecule has 0 fully saturated rings. The number of rotatable bonds is 4. The summed E-state index contributed by atoms with van der Waals surface area (Å²) in [6.45, 7) is -0.215. The van der Waals surface area contributed by atoms with Crippen LogP contribution in [0.25, 0.3) is 0 Å². The van der Waals surface area contributed by atoms with E-state index < -0.39 is 0 Å². The SMILES string of the molecule is CN(C)c1ccccc1NC(=O)CN1C(=O)COc2ccc(Cl)cc21. The smallest absolute Gasteiger partial charge is 0.265 e. The second kappa shape index (κ2) is 7.03. The molecule has 0 bridgehead atoms. The Morgan fingerprint density at radius 1 is 1.28 bits per heavy atom. The highest BCUT2D eigenvalue weighted by Gasteiger charge is 2.27. The summed E-state index contributed by atoms with van der Waals surface area (Å²) in [5, 5.41) is 3.33. The van der Waals surface area contributed by atoms with Crippen LogP contribution in [0.3, 0.4) is 0 Å². The van der Waals surface area contributed by atoms with Crippen molar-refractivity contribution in [3.05, 3.63) is 47.5 Å². The molecule has 130 valence electrons. The Balaban J connectivity index is 1.80. The Bertz CT molecular complexity index is 823. The van der Waals surface area contributed by atoms with E-state index in [9.17, 15) is 9.59 Å². The van der Waals surface area contributed by atoms with E-state index in [0.29, 0.717) is 22.1 Å². The second-order valence-electron chi connectivity index (χ2n) is 5.84. The van der Waals surface area contributed by atoms with Crippen molar-refractivity contribution in [2.24, 2.45) is 0 Å². The molecule has 1 aliphatic rings. The topological polar surface area (TPSA) is 61.9 Å². The number of carbonyl (C=O) groups is 2. The van der Waals surface area contributed by atoms with Gasteiger partial charge >= 0.3 is 0 Å². The second-order valence-corrected chi connectivity index (χ2v) is 6.28. The third-order valence-corrected chi connectivity index (χ3v) is 4.06. The van der Waals surface area contributed by atoms with Gasteiger partial charge in [0.2, 0.25) is 5.91 Å². The molecule has 0 radical (unpaired) electrons. The van der Waals surface area contributed by atoms with Gasteiger partial charge in [0.1, 0.15) is 12.3 Å². The monoisotopic (exact) mass is 359 g/mol. The number of benzene rings is 2. The number of carbonyl (C=O) groups excluding carboxylic acids is 2. The zero-order valence-corrected chi connectivity index (χ0v) is 14.7. The van der Waals surface area contributed by atoms with Gasteiger partial charge in [-0.05, 0) is 30.3 Å². The maximum atomic E-state index is 12.5. The highest BCUT2D eigenvalue weighted by atomic mass is 35.5. The number of nitrogens with one attached hydrogen (secondary N) is 1. The van der Waals surface area contributed by atoms with Gasteiger partial charge in [-0.3, -0.25) is 14.5 Å². The predicted octanol–water partition coefficient (Wildman–Crippen LogP) is 2.77. The number of anilines is 3. The van der Waals surface area contributed by atoms with Gasteiger partial charge in [0, 0.05) is 19.1 Å². The summed E-state index contributed by atoms with van der Waals surface area (Å²) in [7, 11) is 3.80. The molecule has 0 saturated heterocycles. The highest BCUT2D eigenvalue weighted by Crippen LogP contribution is 2.34.